The summed E-state index contributed by atoms with van der Waals surface area (Å²) in [6.45, 7) is 4.83. The number of anilines is 1. The number of sulfonamides is 1. The molecule has 0 unspecified atom stereocenters. The third kappa shape index (κ3) is 3.34. The number of nitrogens with zero attached hydrogens (tertiary/aromatic N) is 2. The Balaban J connectivity index is 2.23. The lowest BCUT2D eigenvalue weighted by atomic mass is 10.4. The van der Waals surface area contributed by atoms with E-state index in [2.05, 4.69) is 20.2 Å². The first-order valence-corrected chi connectivity index (χ1v) is 7.62. The standard InChI is InChI=1S/C12H16N4O3S/c1-3-13-8-10-7-11(9(2)19-10)20(17,18)16-12-5-4-6-14-15-12/h4-7,13H,3,8H2,1-2H3,(H,15,16). The second-order valence-electron chi connectivity index (χ2n) is 4.13. The van der Waals surface area contributed by atoms with Crippen molar-refractivity contribution in [2.75, 3.05) is 11.3 Å². The zero-order valence-corrected chi connectivity index (χ0v) is 12.1. The van der Waals surface area contributed by atoms with Gasteiger partial charge in [-0.05, 0) is 25.6 Å². The molecule has 0 spiro atoms. The molecule has 2 heterocycles. The summed E-state index contributed by atoms with van der Waals surface area (Å²) < 4.78 is 32.3. The van der Waals surface area contributed by atoms with Crippen molar-refractivity contribution in [3.8, 4) is 0 Å². The molecule has 20 heavy (non-hydrogen) atoms. The smallest absolute Gasteiger partial charge is 0.266 e. The molecule has 2 N–H and O–H groups in total. The van der Waals surface area contributed by atoms with E-state index < -0.39 is 10.0 Å². The van der Waals surface area contributed by atoms with Crippen molar-refractivity contribution in [1.29, 1.82) is 0 Å². The molecule has 2 aromatic rings. The highest BCUT2D eigenvalue weighted by atomic mass is 32.2. The molecule has 0 aliphatic carbocycles. The molecule has 0 aliphatic heterocycles. The molecule has 0 saturated carbocycles. The topological polar surface area (TPSA) is 97.1 Å². The molecular weight excluding hydrogens is 280 g/mol. The summed E-state index contributed by atoms with van der Waals surface area (Å²) in [7, 11) is -3.72. The number of rotatable bonds is 6. The van der Waals surface area contributed by atoms with Crippen LogP contribution in [0.25, 0.3) is 0 Å². The maximum absolute atomic E-state index is 12.3. The molecule has 0 saturated heterocycles. The van der Waals surface area contributed by atoms with Gasteiger partial charge in [0.1, 0.15) is 16.4 Å². The van der Waals surface area contributed by atoms with Crippen molar-refractivity contribution < 1.29 is 12.8 Å². The van der Waals surface area contributed by atoms with E-state index in [0.29, 0.717) is 18.1 Å². The Morgan fingerprint density at radius 3 is 2.85 bits per heavy atom. The molecule has 0 atom stereocenters. The highest BCUT2D eigenvalue weighted by Gasteiger charge is 2.21. The van der Waals surface area contributed by atoms with Gasteiger partial charge < -0.3 is 9.73 Å². The van der Waals surface area contributed by atoms with Crippen molar-refractivity contribution in [2.24, 2.45) is 0 Å². The Bertz CT molecular complexity index is 667. The summed E-state index contributed by atoms with van der Waals surface area (Å²) in [6.07, 6.45) is 1.47. The third-order valence-electron chi connectivity index (χ3n) is 2.57. The van der Waals surface area contributed by atoms with Crippen LogP contribution in [0.2, 0.25) is 0 Å². The molecular formula is C12H16N4O3S. The molecule has 108 valence electrons. The summed E-state index contributed by atoms with van der Waals surface area (Å²) in [5.74, 6) is 1.08. The van der Waals surface area contributed by atoms with Crippen LogP contribution in [-0.2, 0) is 16.6 Å². The van der Waals surface area contributed by atoms with E-state index >= 15 is 0 Å². The van der Waals surface area contributed by atoms with E-state index in [1.54, 1.807) is 13.0 Å². The van der Waals surface area contributed by atoms with E-state index in [4.69, 9.17) is 4.42 Å². The highest BCUT2D eigenvalue weighted by molar-refractivity contribution is 7.92. The van der Waals surface area contributed by atoms with Gasteiger partial charge in [0.25, 0.3) is 10.0 Å². The number of hydrogen-bond acceptors (Lipinski definition) is 6. The maximum atomic E-state index is 12.3. The van der Waals surface area contributed by atoms with Gasteiger partial charge in [0.15, 0.2) is 5.82 Å². The molecule has 0 radical (unpaired) electrons. The molecule has 0 aromatic carbocycles. The van der Waals surface area contributed by atoms with E-state index in [0.717, 1.165) is 6.54 Å². The first-order chi connectivity index (χ1) is 9.53. The lowest BCUT2D eigenvalue weighted by molar-refractivity contribution is 0.460. The van der Waals surface area contributed by atoms with Crippen LogP contribution >= 0.6 is 0 Å². The Labute approximate surface area is 117 Å². The van der Waals surface area contributed by atoms with Crippen LogP contribution in [-0.4, -0.2) is 25.2 Å². The normalized spacial score (nSPS) is 11.5. The van der Waals surface area contributed by atoms with Gasteiger partial charge in [-0.25, -0.2) is 8.42 Å². The number of furan rings is 1. The van der Waals surface area contributed by atoms with Crippen molar-refractivity contribution in [1.82, 2.24) is 15.5 Å². The molecule has 0 bridgehead atoms. The van der Waals surface area contributed by atoms with Gasteiger partial charge in [0.2, 0.25) is 0 Å². The first-order valence-electron chi connectivity index (χ1n) is 6.13. The fourth-order valence-corrected chi connectivity index (χ4v) is 2.88. The lowest BCUT2D eigenvalue weighted by Crippen LogP contribution is -2.14. The molecule has 7 nitrogen and oxygen atoms in total. The zero-order valence-electron chi connectivity index (χ0n) is 11.3. The van der Waals surface area contributed by atoms with Crippen LogP contribution in [0.3, 0.4) is 0 Å². The number of aryl methyl sites for hydroxylation is 1. The van der Waals surface area contributed by atoms with Crippen LogP contribution in [0.1, 0.15) is 18.4 Å². The van der Waals surface area contributed by atoms with Crippen molar-refractivity contribution in [3.05, 3.63) is 35.9 Å². The molecule has 8 heteroatoms. The van der Waals surface area contributed by atoms with Gasteiger partial charge in [0.05, 0.1) is 6.54 Å². The molecule has 0 aliphatic rings. The van der Waals surface area contributed by atoms with Crippen LogP contribution in [0, 0.1) is 6.92 Å². The summed E-state index contributed by atoms with van der Waals surface area (Å²) >= 11 is 0. The van der Waals surface area contributed by atoms with Crippen LogP contribution < -0.4 is 10.0 Å². The van der Waals surface area contributed by atoms with Crippen molar-refractivity contribution >= 4 is 15.8 Å². The van der Waals surface area contributed by atoms with Crippen LogP contribution in [0.15, 0.2) is 33.7 Å². The summed E-state index contributed by atoms with van der Waals surface area (Å²) in [5, 5.41) is 10.4. The van der Waals surface area contributed by atoms with Crippen LogP contribution in [0.4, 0.5) is 5.82 Å². The van der Waals surface area contributed by atoms with Gasteiger partial charge in [-0.2, -0.15) is 5.10 Å². The van der Waals surface area contributed by atoms with Crippen LogP contribution in [0.5, 0.6) is 0 Å². The minimum atomic E-state index is -3.72. The number of aromatic nitrogens is 2. The Morgan fingerprint density at radius 1 is 1.40 bits per heavy atom. The van der Waals surface area contributed by atoms with Gasteiger partial charge in [0, 0.05) is 12.3 Å². The van der Waals surface area contributed by atoms with Crippen molar-refractivity contribution in [3.63, 3.8) is 0 Å². The first kappa shape index (κ1) is 14.5. The van der Waals surface area contributed by atoms with E-state index in [1.165, 1.54) is 18.3 Å². The third-order valence-corrected chi connectivity index (χ3v) is 4.04. The number of hydrogen-bond donors (Lipinski definition) is 2. The second kappa shape index (κ2) is 6.02. The average Bonchev–Trinajstić information content (AvgIpc) is 2.79. The summed E-state index contributed by atoms with van der Waals surface area (Å²) in [4.78, 5) is 0.107. The summed E-state index contributed by atoms with van der Waals surface area (Å²) in [6, 6.07) is 4.64. The lowest BCUT2D eigenvalue weighted by Gasteiger charge is -2.04. The minimum absolute atomic E-state index is 0.107. The quantitative estimate of drug-likeness (QED) is 0.833. The average molecular weight is 296 g/mol. The monoisotopic (exact) mass is 296 g/mol. The van der Waals surface area contributed by atoms with E-state index in [-0.39, 0.29) is 10.7 Å². The SMILES string of the molecule is CCNCc1cc(S(=O)(=O)Nc2cccnn2)c(C)o1. The highest BCUT2D eigenvalue weighted by Crippen LogP contribution is 2.22. The van der Waals surface area contributed by atoms with Gasteiger partial charge in [-0.1, -0.05) is 6.92 Å². The van der Waals surface area contributed by atoms with Gasteiger partial charge in [-0.3, -0.25) is 4.72 Å². The number of nitrogens with one attached hydrogen (secondary N) is 2. The Morgan fingerprint density at radius 2 is 2.20 bits per heavy atom. The molecule has 0 fully saturated rings. The Kier molecular flexibility index (Phi) is 4.35. The summed E-state index contributed by atoms with van der Waals surface area (Å²) in [5.41, 5.74) is 0. The zero-order chi connectivity index (χ0) is 14.6. The van der Waals surface area contributed by atoms with E-state index in [1.807, 2.05) is 6.92 Å². The van der Waals surface area contributed by atoms with Gasteiger partial charge in [-0.15, -0.1) is 5.10 Å². The molecule has 2 aromatic heterocycles. The predicted molar refractivity (Wildman–Crippen MR) is 73.7 cm³/mol. The van der Waals surface area contributed by atoms with E-state index in [9.17, 15) is 8.42 Å². The second-order valence-corrected chi connectivity index (χ2v) is 5.78. The molecule has 0 amide bonds. The minimum Gasteiger partial charge on any atom is -0.464 e. The van der Waals surface area contributed by atoms with Crippen molar-refractivity contribution in [2.45, 2.75) is 25.3 Å². The Hall–Kier alpha value is -1.93. The fraction of sp³-hybridized carbons (Fsp3) is 0.333. The molecule has 2 rings (SSSR count). The maximum Gasteiger partial charge on any atom is 0.266 e. The van der Waals surface area contributed by atoms with Gasteiger partial charge >= 0.3 is 0 Å². The largest absolute Gasteiger partial charge is 0.464 e. The fourth-order valence-electron chi connectivity index (χ4n) is 1.67. The predicted octanol–water partition coefficient (Wildman–Crippen LogP) is 1.29.